The van der Waals surface area contributed by atoms with Crippen LogP contribution in [0, 0.1) is 11.3 Å². The zero-order chi connectivity index (χ0) is 22.0. The number of fused-ring (bicyclic) bond motifs is 1. The van der Waals surface area contributed by atoms with E-state index in [1.165, 1.54) is 16.7 Å². The van der Waals surface area contributed by atoms with E-state index in [-0.39, 0.29) is 30.4 Å². The first-order chi connectivity index (χ1) is 15.0. The normalized spacial score (nSPS) is 23.6. The molecule has 2 aliphatic heterocycles. The number of thioether (sulfide) groups is 1. The largest absolute Gasteiger partial charge is 0.377 e. The molecule has 0 spiro atoms. The average Bonchev–Trinajstić information content (AvgIpc) is 3.25. The zero-order valence-electron chi connectivity index (χ0n) is 17.6. The highest BCUT2D eigenvalue weighted by Crippen LogP contribution is 2.28. The predicted octanol–water partition coefficient (Wildman–Crippen LogP) is 2.00. The number of nitrogens with one attached hydrogen (secondary N) is 1. The van der Waals surface area contributed by atoms with E-state index >= 15 is 0 Å². The summed E-state index contributed by atoms with van der Waals surface area (Å²) < 4.78 is 5.63. The molecule has 0 radical (unpaired) electrons. The fraction of sp³-hybridized carbons (Fsp3) is 0.455. The van der Waals surface area contributed by atoms with Crippen molar-refractivity contribution >= 4 is 40.2 Å². The molecule has 1 aromatic heterocycles. The molecule has 2 amide bonds. The van der Waals surface area contributed by atoms with E-state index in [0.717, 1.165) is 16.6 Å². The molecule has 8 nitrogen and oxygen atoms in total. The first-order valence-corrected chi connectivity index (χ1v) is 11.4. The molecule has 2 aliphatic rings. The van der Waals surface area contributed by atoms with Crippen LogP contribution in [0.2, 0.25) is 0 Å². The lowest BCUT2D eigenvalue weighted by Crippen LogP contribution is -2.49. The number of rotatable bonds is 4. The van der Waals surface area contributed by atoms with Crippen LogP contribution in [-0.4, -0.2) is 71.2 Å². The van der Waals surface area contributed by atoms with Gasteiger partial charge >= 0.3 is 0 Å². The Bertz CT molecular complexity index is 1030. The molecule has 0 saturated carbocycles. The number of ether oxygens (including phenoxy) is 1. The van der Waals surface area contributed by atoms with Crippen LogP contribution in [0.25, 0.3) is 10.9 Å². The Morgan fingerprint density at radius 2 is 2.06 bits per heavy atom. The van der Waals surface area contributed by atoms with Crippen LogP contribution in [0.4, 0.5) is 5.69 Å². The summed E-state index contributed by atoms with van der Waals surface area (Å²) in [5, 5.41) is 12.6. The second kappa shape index (κ2) is 9.12. The summed E-state index contributed by atoms with van der Waals surface area (Å²) in [6.07, 6.45) is 1.60. The maximum absolute atomic E-state index is 12.9. The van der Waals surface area contributed by atoms with Gasteiger partial charge in [-0.25, -0.2) is 0 Å². The van der Waals surface area contributed by atoms with Crippen molar-refractivity contribution in [1.82, 2.24) is 15.2 Å². The van der Waals surface area contributed by atoms with Gasteiger partial charge in [0.1, 0.15) is 6.04 Å². The van der Waals surface area contributed by atoms with E-state index in [1.54, 1.807) is 12.3 Å². The van der Waals surface area contributed by atoms with Crippen molar-refractivity contribution in [2.75, 3.05) is 36.3 Å². The van der Waals surface area contributed by atoms with Gasteiger partial charge in [-0.3, -0.25) is 14.6 Å². The summed E-state index contributed by atoms with van der Waals surface area (Å²) in [6.45, 7) is 5.41. The molecule has 3 heterocycles. The molecule has 9 heteroatoms. The van der Waals surface area contributed by atoms with Crippen molar-refractivity contribution in [1.29, 1.82) is 5.26 Å². The van der Waals surface area contributed by atoms with Crippen LogP contribution in [0.3, 0.4) is 0 Å². The molecule has 0 aliphatic carbocycles. The highest BCUT2D eigenvalue weighted by molar-refractivity contribution is 7.99. The van der Waals surface area contributed by atoms with Crippen molar-refractivity contribution in [2.45, 2.75) is 32.0 Å². The van der Waals surface area contributed by atoms with Gasteiger partial charge in [-0.1, -0.05) is 0 Å². The number of anilines is 1. The number of amides is 2. The summed E-state index contributed by atoms with van der Waals surface area (Å²) in [5.74, 6) is 0.498. The lowest BCUT2D eigenvalue weighted by atomic mass is 10.0. The van der Waals surface area contributed by atoms with Gasteiger partial charge in [0.2, 0.25) is 5.91 Å². The number of hydrogen-bond donors (Lipinski definition) is 1. The topological polar surface area (TPSA) is 98.6 Å². The van der Waals surface area contributed by atoms with Gasteiger partial charge in [0.25, 0.3) is 5.91 Å². The van der Waals surface area contributed by atoms with E-state index < -0.39 is 6.04 Å². The monoisotopic (exact) mass is 439 g/mol. The molecule has 0 unspecified atom stereocenters. The molecule has 1 aromatic carbocycles. The highest BCUT2D eigenvalue weighted by atomic mass is 32.2. The predicted molar refractivity (Wildman–Crippen MR) is 120 cm³/mol. The highest BCUT2D eigenvalue weighted by Gasteiger charge is 2.29. The minimum Gasteiger partial charge on any atom is -0.377 e. The van der Waals surface area contributed by atoms with E-state index in [4.69, 9.17) is 10.00 Å². The molecule has 2 aromatic rings. The summed E-state index contributed by atoms with van der Waals surface area (Å²) in [4.78, 5) is 33.6. The fourth-order valence-corrected chi connectivity index (χ4v) is 5.26. The molecule has 31 heavy (non-hydrogen) atoms. The summed E-state index contributed by atoms with van der Waals surface area (Å²) in [5.41, 5.74) is 2.21. The van der Waals surface area contributed by atoms with Gasteiger partial charge in [-0.2, -0.15) is 5.26 Å². The van der Waals surface area contributed by atoms with Crippen molar-refractivity contribution in [3.8, 4) is 6.07 Å². The van der Waals surface area contributed by atoms with Crippen LogP contribution in [0.15, 0.2) is 30.5 Å². The van der Waals surface area contributed by atoms with E-state index in [1.807, 2.05) is 18.2 Å². The third-order valence-corrected chi connectivity index (χ3v) is 6.70. The first-order valence-electron chi connectivity index (χ1n) is 10.3. The number of nitrogens with zero attached hydrogens (tertiary/aromatic N) is 4. The third-order valence-electron chi connectivity index (χ3n) is 5.69. The van der Waals surface area contributed by atoms with Crippen LogP contribution in [-0.2, 0) is 9.53 Å². The molecule has 0 bridgehead atoms. The molecule has 162 valence electrons. The van der Waals surface area contributed by atoms with Crippen LogP contribution in [0.5, 0.6) is 0 Å². The number of carbonyl (C=O) groups excluding carboxylic acids is 2. The van der Waals surface area contributed by atoms with Crippen LogP contribution in [0.1, 0.15) is 24.2 Å². The standard InChI is InChI=1S/C22H25N5O3S/c1-14-10-30-11-15(2)27(14)16-3-4-20-19(7-16)18(5-6-24-20)22(29)25-9-21(28)26-13-31-12-17(26)8-23/h3-7,14-15,17H,9-13H2,1-2H3,(H,25,29)/t14-,15+,17-/m1/s1. The van der Waals surface area contributed by atoms with Gasteiger partial charge in [0.15, 0.2) is 0 Å². The molecular weight excluding hydrogens is 414 g/mol. The SMILES string of the molecule is C[C@@H]1COC[C@H](C)N1c1ccc2nccc(C(=O)NCC(=O)N3CSC[C@H]3C#N)c2c1. The van der Waals surface area contributed by atoms with E-state index in [0.29, 0.717) is 30.4 Å². The number of carbonyl (C=O) groups is 2. The Balaban J connectivity index is 1.55. The van der Waals surface area contributed by atoms with Gasteiger partial charge in [-0.05, 0) is 38.1 Å². The second-order valence-electron chi connectivity index (χ2n) is 7.89. The molecule has 4 rings (SSSR count). The summed E-state index contributed by atoms with van der Waals surface area (Å²) >= 11 is 1.54. The fourth-order valence-electron chi connectivity index (χ4n) is 4.15. The maximum atomic E-state index is 12.9. The molecule has 2 saturated heterocycles. The third kappa shape index (κ3) is 4.31. The van der Waals surface area contributed by atoms with Crippen molar-refractivity contribution in [2.24, 2.45) is 0 Å². The Morgan fingerprint density at radius 3 is 2.81 bits per heavy atom. The number of pyridine rings is 1. The second-order valence-corrected chi connectivity index (χ2v) is 8.89. The van der Waals surface area contributed by atoms with Gasteiger partial charge in [0, 0.05) is 35.1 Å². The Labute approximate surface area is 185 Å². The minimum absolute atomic E-state index is 0.140. The molecule has 3 atom stereocenters. The lowest BCUT2D eigenvalue weighted by Gasteiger charge is -2.40. The molecular formula is C22H25N5O3S. The quantitative estimate of drug-likeness (QED) is 0.778. The molecule has 2 fully saturated rings. The zero-order valence-corrected chi connectivity index (χ0v) is 18.4. The maximum Gasteiger partial charge on any atom is 0.252 e. The van der Waals surface area contributed by atoms with Gasteiger partial charge < -0.3 is 19.9 Å². The van der Waals surface area contributed by atoms with Crippen LogP contribution >= 0.6 is 11.8 Å². The van der Waals surface area contributed by atoms with Crippen LogP contribution < -0.4 is 10.2 Å². The van der Waals surface area contributed by atoms with E-state index in [2.05, 4.69) is 35.1 Å². The summed E-state index contributed by atoms with van der Waals surface area (Å²) in [6, 6.07) is 9.73. The summed E-state index contributed by atoms with van der Waals surface area (Å²) in [7, 11) is 0. The number of nitriles is 1. The first kappa shape index (κ1) is 21.4. The lowest BCUT2D eigenvalue weighted by molar-refractivity contribution is -0.129. The smallest absolute Gasteiger partial charge is 0.252 e. The number of morpholine rings is 1. The van der Waals surface area contributed by atoms with Gasteiger partial charge in [0.05, 0.1) is 42.8 Å². The number of benzene rings is 1. The Hall–Kier alpha value is -2.83. The van der Waals surface area contributed by atoms with E-state index in [9.17, 15) is 9.59 Å². The number of aromatic nitrogens is 1. The Morgan fingerprint density at radius 1 is 1.29 bits per heavy atom. The van der Waals surface area contributed by atoms with Crippen molar-refractivity contribution in [3.63, 3.8) is 0 Å². The Kier molecular flexibility index (Phi) is 6.30. The minimum atomic E-state index is -0.434. The van der Waals surface area contributed by atoms with Gasteiger partial charge in [-0.15, -0.1) is 11.8 Å². The average molecular weight is 440 g/mol. The van der Waals surface area contributed by atoms with Crippen molar-refractivity contribution < 1.29 is 14.3 Å². The molecule has 1 N–H and O–H groups in total. The number of hydrogen-bond acceptors (Lipinski definition) is 7. The van der Waals surface area contributed by atoms with Crippen molar-refractivity contribution in [3.05, 3.63) is 36.0 Å².